The fourth-order valence-electron chi connectivity index (χ4n) is 3.31. The molecule has 3 nitrogen and oxygen atoms in total. The molecule has 1 atom stereocenters. The summed E-state index contributed by atoms with van der Waals surface area (Å²) in [6.07, 6.45) is 4.35. The number of aliphatic carboxylic acids is 1. The van der Waals surface area contributed by atoms with Gasteiger partial charge in [0.05, 0.1) is 0 Å². The zero-order valence-corrected chi connectivity index (χ0v) is 14.0. The van der Waals surface area contributed by atoms with Gasteiger partial charge in [0, 0.05) is 18.8 Å². The third kappa shape index (κ3) is 3.01. The molecule has 0 bridgehead atoms. The van der Waals surface area contributed by atoms with Crippen molar-refractivity contribution in [1.29, 1.82) is 0 Å². The number of rotatable bonds is 4. The van der Waals surface area contributed by atoms with Crippen molar-refractivity contribution in [3.63, 3.8) is 0 Å². The molecule has 0 aliphatic carbocycles. The summed E-state index contributed by atoms with van der Waals surface area (Å²) in [5.74, 6) is -0.814. The smallest absolute Gasteiger partial charge is 0.327 e. The average molecular weight is 329 g/mol. The molecule has 4 rings (SSSR count). The zero-order valence-electron chi connectivity index (χ0n) is 14.0. The lowest BCUT2D eigenvalue weighted by Gasteiger charge is -2.14. The van der Waals surface area contributed by atoms with E-state index in [2.05, 4.69) is 24.3 Å². The van der Waals surface area contributed by atoms with Crippen molar-refractivity contribution in [3.05, 3.63) is 84.2 Å². The van der Waals surface area contributed by atoms with E-state index >= 15 is 0 Å². The van der Waals surface area contributed by atoms with Crippen LogP contribution in [0.25, 0.3) is 21.5 Å². The van der Waals surface area contributed by atoms with Crippen LogP contribution in [0.2, 0.25) is 0 Å². The minimum absolute atomic E-state index is 0.468. The highest BCUT2D eigenvalue weighted by Gasteiger charge is 2.20. The van der Waals surface area contributed by atoms with Gasteiger partial charge in [-0.15, -0.1) is 0 Å². The number of aromatic nitrogens is 1. The third-order valence-corrected chi connectivity index (χ3v) is 4.72. The van der Waals surface area contributed by atoms with Crippen LogP contribution in [0, 0.1) is 6.92 Å². The first-order chi connectivity index (χ1) is 12.1. The number of hydrogen-bond donors (Lipinski definition) is 1. The summed E-state index contributed by atoms with van der Waals surface area (Å²) in [6, 6.07) is 19.9. The minimum Gasteiger partial charge on any atom is -0.480 e. The molecular formula is C22H19NO2. The molecule has 1 N–H and O–H groups in total. The summed E-state index contributed by atoms with van der Waals surface area (Å²) in [7, 11) is 0. The van der Waals surface area contributed by atoms with Crippen LogP contribution in [-0.2, 0) is 11.2 Å². The SMILES string of the molecule is Cc1ccc(C[C@H](C(=O)O)n2cc3cc4ccccc4cc3c2)cc1. The van der Waals surface area contributed by atoms with Crippen molar-refractivity contribution in [3.8, 4) is 0 Å². The molecule has 0 radical (unpaired) electrons. The molecular weight excluding hydrogens is 310 g/mol. The van der Waals surface area contributed by atoms with Gasteiger partial charge in [-0.2, -0.15) is 0 Å². The first kappa shape index (κ1) is 15.5. The lowest BCUT2D eigenvalue weighted by atomic mass is 10.0. The highest BCUT2D eigenvalue weighted by Crippen LogP contribution is 2.26. The zero-order chi connectivity index (χ0) is 17.4. The molecule has 25 heavy (non-hydrogen) atoms. The maximum absolute atomic E-state index is 11.9. The second kappa shape index (κ2) is 6.10. The predicted molar refractivity (Wildman–Crippen MR) is 101 cm³/mol. The van der Waals surface area contributed by atoms with E-state index in [1.165, 1.54) is 5.56 Å². The lowest BCUT2D eigenvalue weighted by Crippen LogP contribution is -2.20. The Bertz CT molecular complexity index is 1010. The van der Waals surface area contributed by atoms with Crippen molar-refractivity contribution in [2.75, 3.05) is 0 Å². The molecule has 0 fully saturated rings. The van der Waals surface area contributed by atoms with E-state index in [0.717, 1.165) is 27.1 Å². The molecule has 4 aromatic rings. The van der Waals surface area contributed by atoms with Crippen LogP contribution in [0.5, 0.6) is 0 Å². The number of benzene rings is 3. The number of nitrogens with zero attached hydrogens (tertiary/aromatic N) is 1. The van der Waals surface area contributed by atoms with E-state index in [1.54, 1.807) is 0 Å². The summed E-state index contributed by atoms with van der Waals surface area (Å²) < 4.78 is 1.83. The van der Waals surface area contributed by atoms with E-state index in [0.29, 0.717) is 6.42 Å². The minimum atomic E-state index is -0.814. The summed E-state index contributed by atoms with van der Waals surface area (Å²) in [6.45, 7) is 2.03. The van der Waals surface area contributed by atoms with Gasteiger partial charge in [0.1, 0.15) is 6.04 Å². The number of carboxylic acid groups (broad SMARTS) is 1. The molecule has 124 valence electrons. The lowest BCUT2D eigenvalue weighted by molar-refractivity contribution is -0.140. The standard InChI is InChI=1S/C22H19NO2/c1-15-6-8-16(9-7-15)10-21(22(24)25)23-13-19-11-17-4-2-3-5-18(17)12-20(19)14-23/h2-9,11-14,21H,10H2,1H3,(H,24,25)/t21-/m1/s1. The molecule has 3 heteroatoms. The van der Waals surface area contributed by atoms with Gasteiger partial charge in [-0.1, -0.05) is 54.1 Å². The van der Waals surface area contributed by atoms with Crippen molar-refractivity contribution in [1.82, 2.24) is 4.57 Å². The van der Waals surface area contributed by atoms with Gasteiger partial charge in [0.15, 0.2) is 0 Å². The Morgan fingerprint density at radius 2 is 1.48 bits per heavy atom. The molecule has 3 aromatic carbocycles. The number of aryl methyl sites for hydroxylation is 1. The highest BCUT2D eigenvalue weighted by atomic mass is 16.4. The first-order valence-electron chi connectivity index (χ1n) is 8.38. The van der Waals surface area contributed by atoms with Crippen LogP contribution < -0.4 is 0 Å². The van der Waals surface area contributed by atoms with E-state index in [1.807, 2.05) is 60.3 Å². The van der Waals surface area contributed by atoms with Crippen LogP contribution >= 0.6 is 0 Å². The van der Waals surface area contributed by atoms with Gasteiger partial charge in [0.2, 0.25) is 0 Å². The van der Waals surface area contributed by atoms with E-state index in [9.17, 15) is 9.90 Å². The quantitative estimate of drug-likeness (QED) is 0.574. The maximum atomic E-state index is 11.9. The van der Waals surface area contributed by atoms with Crippen LogP contribution in [0.1, 0.15) is 17.2 Å². The fourth-order valence-corrected chi connectivity index (χ4v) is 3.31. The van der Waals surface area contributed by atoms with Crippen molar-refractivity contribution < 1.29 is 9.90 Å². The van der Waals surface area contributed by atoms with E-state index < -0.39 is 12.0 Å². The molecule has 0 saturated heterocycles. The Morgan fingerprint density at radius 3 is 2.00 bits per heavy atom. The summed E-state index contributed by atoms with van der Waals surface area (Å²) >= 11 is 0. The van der Waals surface area contributed by atoms with Crippen LogP contribution in [-0.4, -0.2) is 15.6 Å². The van der Waals surface area contributed by atoms with Crippen LogP contribution in [0.3, 0.4) is 0 Å². The molecule has 1 aromatic heterocycles. The summed E-state index contributed by atoms with van der Waals surface area (Å²) in [4.78, 5) is 11.9. The molecule has 0 amide bonds. The normalized spacial score (nSPS) is 12.5. The van der Waals surface area contributed by atoms with Crippen LogP contribution in [0.4, 0.5) is 0 Å². The first-order valence-corrected chi connectivity index (χ1v) is 8.38. The van der Waals surface area contributed by atoms with Gasteiger partial charge in [-0.3, -0.25) is 0 Å². The van der Waals surface area contributed by atoms with Gasteiger partial charge < -0.3 is 9.67 Å². The molecule has 0 aliphatic heterocycles. The molecule has 1 heterocycles. The Labute approximate surface area is 146 Å². The monoisotopic (exact) mass is 329 g/mol. The van der Waals surface area contributed by atoms with E-state index in [4.69, 9.17) is 0 Å². The maximum Gasteiger partial charge on any atom is 0.327 e. The number of fused-ring (bicyclic) bond motifs is 2. The van der Waals surface area contributed by atoms with Gasteiger partial charge in [-0.05, 0) is 46.2 Å². The van der Waals surface area contributed by atoms with Crippen LogP contribution in [0.15, 0.2) is 73.1 Å². The van der Waals surface area contributed by atoms with Gasteiger partial charge >= 0.3 is 5.97 Å². The van der Waals surface area contributed by atoms with Gasteiger partial charge in [0.25, 0.3) is 0 Å². The Hall–Kier alpha value is -3.07. The van der Waals surface area contributed by atoms with Crippen molar-refractivity contribution in [2.24, 2.45) is 0 Å². The highest BCUT2D eigenvalue weighted by molar-refractivity contribution is 5.98. The number of carbonyl (C=O) groups is 1. The molecule has 0 unspecified atom stereocenters. The number of hydrogen-bond acceptors (Lipinski definition) is 1. The Kier molecular flexibility index (Phi) is 3.77. The summed E-state index contributed by atoms with van der Waals surface area (Å²) in [5, 5.41) is 14.2. The van der Waals surface area contributed by atoms with Crippen molar-refractivity contribution >= 4 is 27.5 Å². The van der Waals surface area contributed by atoms with Gasteiger partial charge in [-0.25, -0.2) is 4.79 Å². The topological polar surface area (TPSA) is 42.2 Å². The van der Waals surface area contributed by atoms with Crippen molar-refractivity contribution in [2.45, 2.75) is 19.4 Å². The fraction of sp³-hybridized carbons (Fsp3) is 0.136. The van der Waals surface area contributed by atoms with E-state index in [-0.39, 0.29) is 0 Å². The predicted octanol–water partition coefficient (Wildman–Crippen LogP) is 4.97. The Morgan fingerprint density at radius 1 is 0.920 bits per heavy atom. The Balaban J connectivity index is 1.75. The second-order valence-corrected chi connectivity index (χ2v) is 6.58. The molecule has 0 spiro atoms. The second-order valence-electron chi connectivity index (χ2n) is 6.58. The third-order valence-electron chi connectivity index (χ3n) is 4.72. The molecule has 0 saturated carbocycles. The average Bonchev–Trinajstić information content (AvgIpc) is 3.01. The number of carboxylic acids is 1. The molecule has 0 aliphatic rings. The largest absolute Gasteiger partial charge is 0.480 e. The summed E-state index contributed by atoms with van der Waals surface area (Å²) in [5.41, 5.74) is 2.20.